The molecule has 16 heavy (non-hydrogen) atoms. The van der Waals surface area contributed by atoms with Crippen molar-refractivity contribution in [2.24, 2.45) is 11.3 Å². The fourth-order valence-corrected chi connectivity index (χ4v) is 2.85. The Hall–Kier alpha value is -0.0800. The van der Waals surface area contributed by atoms with Gasteiger partial charge >= 0.3 is 0 Å². The highest BCUT2D eigenvalue weighted by atomic mass is 16.3. The molecule has 96 valence electrons. The largest absolute Gasteiger partial charge is 0.393 e. The SMILES string of the molecule is CN(CC1CCCCCC1O)CC(C)(C)C. The van der Waals surface area contributed by atoms with Crippen LogP contribution in [0.25, 0.3) is 0 Å². The van der Waals surface area contributed by atoms with Crippen molar-refractivity contribution < 1.29 is 5.11 Å². The third-order valence-corrected chi connectivity index (χ3v) is 3.41. The van der Waals surface area contributed by atoms with Crippen molar-refractivity contribution in [1.82, 2.24) is 4.90 Å². The van der Waals surface area contributed by atoms with E-state index in [0.717, 1.165) is 19.5 Å². The highest BCUT2D eigenvalue weighted by molar-refractivity contribution is 4.77. The summed E-state index contributed by atoms with van der Waals surface area (Å²) >= 11 is 0. The number of aliphatic hydroxyl groups is 1. The minimum absolute atomic E-state index is 0.0649. The number of nitrogens with zero attached hydrogens (tertiary/aromatic N) is 1. The lowest BCUT2D eigenvalue weighted by atomic mass is 9.93. The maximum Gasteiger partial charge on any atom is 0.0580 e. The van der Waals surface area contributed by atoms with Crippen LogP contribution in [0.1, 0.15) is 52.9 Å². The van der Waals surface area contributed by atoms with Crippen molar-refractivity contribution in [2.45, 2.75) is 59.0 Å². The maximum atomic E-state index is 10.1. The smallest absolute Gasteiger partial charge is 0.0580 e. The lowest BCUT2D eigenvalue weighted by molar-refractivity contribution is 0.0718. The summed E-state index contributed by atoms with van der Waals surface area (Å²) in [5.74, 6) is 0.495. The lowest BCUT2D eigenvalue weighted by Crippen LogP contribution is -2.36. The van der Waals surface area contributed by atoms with Gasteiger partial charge in [0.05, 0.1) is 6.10 Å². The van der Waals surface area contributed by atoms with Crippen LogP contribution >= 0.6 is 0 Å². The van der Waals surface area contributed by atoms with E-state index in [1.807, 2.05) is 0 Å². The van der Waals surface area contributed by atoms with Gasteiger partial charge in [0.1, 0.15) is 0 Å². The highest BCUT2D eigenvalue weighted by Crippen LogP contribution is 2.25. The summed E-state index contributed by atoms with van der Waals surface area (Å²) in [6, 6.07) is 0. The second-order valence-electron chi connectivity index (χ2n) is 6.72. The van der Waals surface area contributed by atoms with Crippen LogP contribution < -0.4 is 0 Å². The van der Waals surface area contributed by atoms with Gasteiger partial charge in [0.15, 0.2) is 0 Å². The normalized spacial score (nSPS) is 28.1. The monoisotopic (exact) mass is 227 g/mol. The first-order valence-corrected chi connectivity index (χ1v) is 6.75. The highest BCUT2D eigenvalue weighted by Gasteiger charge is 2.24. The third-order valence-electron chi connectivity index (χ3n) is 3.41. The molecule has 0 spiro atoms. The molecule has 1 aliphatic rings. The second kappa shape index (κ2) is 6.02. The molecule has 2 nitrogen and oxygen atoms in total. The van der Waals surface area contributed by atoms with Crippen LogP contribution in [-0.4, -0.2) is 36.2 Å². The Balaban J connectivity index is 2.39. The Bertz CT molecular complexity index is 197. The van der Waals surface area contributed by atoms with Gasteiger partial charge in [0, 0.05) is 13.1 Å². The summed E-state index contributed by atoms with van der Waals surface area (Å²) in [6.07, 6.45) is 5.95. The summed E-state index contributed by atoms with van der Waals surface area (Å²) in [6.45, 7) is 8.97. The molecule has 2 atom stereocenters. The van der Waals surface area contributed by atoms with Gasteiger partial charge in [-0.15, -0.1) is 0 Å². The van der Waals surface area contributed by atoms with E-state index in [1.54, 1.807) is 0 Å². The fraction of sp³-hybridized carbons (Fsp3) is 1.00. The topological polar surface area (TPSA) is 23.5 Å². The Kier molecular flexibility index (Phi) is 5.26. The zero-order valence-corrected chi connectivity index (χ0v) is 11.5. The lowest BCUT2D eigenvalue weighted by Gasteiger charge is -2.31. The van der Waals surface area contributed by atoms with E-state index in [4.69, 9.17) is 0 Å². The first-order chi connectivity index (χ1) is 7.38. The molecule has 0 aromatic heterocycles. The molecule has 0 aliphatic heterocycles. The number of rotatable bonds is 3. The van der Waals surface area contributed by atoms with Crippen LogP contribution in [0.15, 0.2) is 0 Å². The van der Waals surface area contributed by atoms with Gasteiger partial charge < -0.3 is 10.0 Å². The molecule has 0 aromatic rings. The number of hydrogen-bond acceptors (Lipinski definition) is 2. The fourth-order valence-electron chi connectivity index (χ4n) is 2.85. The average molecular weight is 227 g/mol. The van der Waals surface area contributed by atoms with Crippen molar-refractivity contribution in [1.29, 1.82) is 0 Å². The Morgan fingerprint density at radius 3 is 2.38 bits per heavy atom. The van der Waals surface area contributed by atoms with Gasteiger partial charge in [0.2, 0.25) is 0 Å². The molecule has 0 aromatic carbocycles. The predicted molar refractivity (Wildman–Crippen MR) is 69.5 cm³/mol. The van der Waals surface area contributed by atoms with Crippen LogP contribution in [0.5, 0.6) is 0 Å². The zero-order valence-electron chi connectivity index (χ0n) is 11.5. The summed E-state index contributed by atoms with van der Waals surface area (Å²) in [5.41, 5.74) is 0.352. The molecule has 0 amide bonds. The van der Waals surface area contributed by atoms with Crippen LogP contribution in [0, 0.1) is 11.3 Å². The summed E-state index contributed by atoms with van der Waals surface area (Å²) in [4.78, 5) is 2.39. The first kappa shape index (κ1) is 14.0. The van der Waals surface area contributed by atoms with Crippen molar-refractivity contribution in [2.75, 3.05) is 20.1 Å². The molecule has 1 N–H and O–H groups in total. The van der Waals surface area contributed by atoms with Gasteiger partial charge in [-0.1, -0.05) is 40.0 Å². The standard InChI is InChI=1S/C14H29NO/c1-14(2,3)11-15(4)10-12-8-6-5-7-9-13(12)16/h12-13,16H,5-11H2,1-4H3. The van der Waals surface area contributed by atoms with E-state index in [0.29, 0.717) is 11.3 Å². The van der Waals surface area contributed by atoms with Crippen LogP contribution in [0.2, 0.25) is 0 Å². The van der Waals surface area contributed by atoms with Gasteiger partial charge in [0.25, 0.3) is 0 Å². The second-order valence-corrected chi connectivity index (χ2v) is 6.72. The van der Waals surface area contributed by atoms with Crippen molar-refractivity contribution in [3.8, 4) is 0 Å². The van der Waals surface area contributed by atoms with E-state index in [9.17, 15) is 5.11 Å². The Morgan fingerprint density at radius 1 is 1.12 bits per heavy atom. The van der Waals surface area contributed by atoms with Crippen LogP contribution in [-0.2, 0) is 0 Å². The quantitative estimate of drug-likeness (QED) is 0.749. The minimum Gasteiger partial charge on any atom is -0.393 e. The van der Waals surface area contributed by atoms with Crippen LogP contribution in [0.4, 0.5) is 0 Å². The number of hydrogen-bond donors (Lipinski definition) is 1. The molecule has 2 heteroatoms. The first-order valence-electron chi connectivity index (χ1n) is 6.75. The van der Waals surface area contributed by atoms with Gasteiger partial charge in [-0.3, -0.25) is 0 Å². The van der Waals surface area contributed by atoms with Gasteiger partial charge in [-0.25, -0.2) is 0 Å². The molecule has 0 heterocycles. The van der Waals surface area contributed by atoms with Crippen molar-refractivity contribution >= 4 is 0 Å². The predicted octanol–water partition coefficient (Wildman–Crippen LogP) is 2.91. The summed E-state index contributed by atoms with van der Waals surface area (Å²) in [7, 11) is 2.18. The molecule has 1 fully saturated rings. The van der Waals surface area contributed by atoms with Crippen LogP contribution in [0.3, 0.4) is 0 Å². The van der Waals surface area contributed by atoms with Crippen molar-refractivity contribution in [3.63, 3.8) is 0 Å². The summed E-state index contributed by atoms with van der Waals surface area (Å²) in [5, 5.41) is 10.1. The van der Waals surface area contributed by atoms with E-state index in [2.05, 4.69) is 32.7 Å². The maximum absolute atomic E-state index is 10.1. The Labute approximate surface area is 101 Å². The molecular formula is C14H29NO. The van der Waals surface area contributed by atoms with E-state index >= 15 is 0 Å². The zero-order chi connectivity index (χ0) is 12.2. The van der Waals surface area contributed by atoms with E-state index in [-0.39, 0.29) is 6.10 Å². The molecule has 0 radical (unpaired) electrons. The molecule has 1 aliphatic carbocycles. The van der Waals surface area contributed by atoms with E-state index < -0.39 is 0 Å². The molecule has 0 bridgehead atoms. The Morgan fingerprint density at radius 2 is 1.75 bits per heavy atom. The molecule has 2 unspecified atom stereocenters. The average Bonchev–Trinajstić information content (AvgIpc) is 2.29. The number of aliphatic hydroxyl groups excluding tert-OH is 1. The molecular weight excluding hydrogens is 198 g/mol. The molecule has 0 saturated heterocycles. The van der Waals surface area contributed by atoms with E-state index in [1.165, 1.54) is 25.7 Å². The minimum atomic E-state index is -0.0649. The van der Waals surface area contributed by atoms with Gasteiger partial charge in [-0.05, 0) is 31.2 Å². The molecule has 1 rings (SSSR count). The third kappa shape index (κ3) is 5.31. The summed E-state index contributed by atoms with van der Waals surface area (Å²) < 4.78 is 0. The van der Waals surface area contributed by atoms with Crippen molar-refractivity contribution in [3.05, 3.63) is 0 Å². The van der Waals surface area contributed by atoms with Gasteiger partial charge in [-0.2, -0.15) is 0 Å². The molecule has 1 saturated carbocycles.